The van der Waals surface area contributed by atoms with Gasteiger partial charge in [0.25, 0.3) is 0 Å². The molecule has 17 heavy (non-hydrogen) atoms. The van der Waals surface area contributed by atoms with Crippen LogP contribution in [0.2, 0.25) is 0 Å². The lowest BCUT2D eigenvalue weighted by molar-refractivity contribution is 1.04. The number of hydrogen-bond acceptors (Lipinski definition) is 1. The second kappa shape index (κ2) is 4.17. The van der Waals surface area contributed by atoms with Crippen LogP contribution in [0.4, 0.5) is 0 Å². The zero-order chi connectivity index (χ0) is 11.7. The van der Waals surface area contributed by atoms with Gasteiger partial charge in [-0.1, -0.05) is 42.8 Å². The van der Waals surface area contributed by atoms with Crippen molar-refractivity contribution in [3.63, 3.8) is 0 Å². The number of aromatic nitrogens is 1. The normalized spacial score (nSPS) is 13.4. The molecule has 0 saturated heterocycles. The average Bonchev–Trinajstić information content (AvgIpc) is 2.82. The molecule has 0 saturated carbocycles. The topological polar surface area (TPSA) is 12.9 Å². The van der Waals surface area contributed by atoms with Gasteiger partial charge in [-0.3, -0.25) is 4.98 Å². The van der Waals surface area contributed by atoms with E-state index in [1.54, 1.807) is 0 Å². The molecule has 84 valence electrons. The Labute approximate surface area is 102 Å². The number of fused-ring (bicyclic) bond motifs is 1. The largest absolute Gasteiger partial charge is 0.256 e. The molecule has 1 nitrogen and oxygen atoms in total. The molecule has 0 N–H and O–H groups in total. The Morgan fingerprint density at radius 2 is 2.06 bits per heavy atom. The van der Waals surface area contributed by atoms with E-state index < -0.39 is 0 Å². The SMILES string of the molecule is CCC1=Cc2c(cccc2-c2ccccn2)C1. The summed E-state index contributed by atoms with van der Waals surface area (Å²) in [6, 6.07) is 12.6. The molecule has 0 amide bonds. The lowest BCUT2D eigenvalue weighted by atomic mass is 10.0. The van der Waals surface area contributed by atoms with Gasteiger partial charge in [0.2, 0.25) is 0 Å². The number of nitrogens with zero attached hydrogens (tertiary/aromatic N) is 1. The van der Waals surface area contributed by atoms with E-state index in [0.29, 0.717) is 0 Å². The molecule has 0 unspecified atom stereocenters. The molecule has 1 heterocycles. The monoisotopic (exact) mass is 221 g/mol. The smallest absolute Gasteiger partial charge is 0.0708 e. The van der Waals surface area contributed by atoms with Gasteiger partial charge in [-0.05, 0) is 36.1 Å². The molecule has 1 aromatic carbocycles. The molecule has 0 spiro atoms. The van der Waals surface area contributed by atoms with Crippen LogP contribution in [-0.4, -0.2) is 4.98 Å². The van der Waals surface area contributed by atoms with E-state index in [9.17, 15) is 0 Å². The van der Waals surface area contributed by atoms with Crippen LogP contribution in [-0.2, 0) is 6.42 Å². The van der Waals surface area contributed by atoms with Crippen molar-refractivity contribution in [3.8, 4) is 11.3 Å². The first-order valence-corrected chi connectivity index (χ1v) is 6.11. The lowest BCUT2D eigenvalue weighted by Gasteiger charge is -2.06. The van der Waals surface area contributed by atoms with Crippen LogP contribution in [0.3, 0.4) is 0 Å². The van der Waals surface area contributed by atoms with E-state index in [4.69, 9.17) is 0 Å². The Morgan fingerprint density at radius 3 is 2.82 bits per heavy atom. The Morgan fingerprint density at radius 1 is 1.12 bits per heavy atom. The van der Waals surface area contributed by atoms with E-state index in [1.807, 2.05) is 18.3 Å². The molecule has 2 aromatic rings. The molecule has 0 aliphatic heterocycles. The van der Waals surface area contributed by atoms with Gasteiger partial charge in [-0.2, -0.15) is 0 Å². The Kier molecular flexibility index (Phi) is 2.52. The number of benzene rings is 1. The van der Waals surface area contributed by atoms with Crippen LogP contribution in [0.15, 0.2) is 48.2 Å². The van der Waals surface area contributed by atoms with Crippen LogP contribution >= 0.6 is 0 Å². The molecule has 3 rings (SSSR count). The predicted molar refractivity (Wildman–Crippen MR) is 71.6 cm³/mol. The summed E-state index contributed by atoms with van der Waals surface area (Å²) in [7, 11) is 0. The minimum absolute atomic E-state index is 1.07. The summed E-state index contributed by atoms with van der Waals surface area (Å²) in [6.07, 6.45) is 6.43. The summed E-state index contributed by atoms with van der Waals surface area (Å²) < 4.78 is 0. The maximum Gasteiger partial charge on any atom is 0.0708 e. The summed E-state index contributed by atoms with van der Waals surface area (Å²) in [5.74, 6) is 0. The van der Waals surface area contributed by atoms with Crippen LogP contribution in [0.5, 0.6) is 0 Å². The maximum absolute atomic E-state index is 4.45. The zero-order valence-electron chi connectivity index (χ0n) is 9.98. The highest BCUT2D eigenvalue weighted by Gasteiger charge is 2.15. The van der Waals surface area contributed by atoms with Crippen molar-refractivity contribution in [3.05, 3.63) is 59.3 Å². The second-order valence-electron chi connectivity index (χ2n) is 4.43. The molecule has 1 aromatic heterocycles. The van der Waals surface area contributed by atoms with Gasteiger partial charge >= 0.3 is 0 Å². The van der Waals surface area contributed by atoms with Gasteiger partial charge in [0.1, 0.15) is 0 Å². The number of rotatable bonds is 2. The third-order valence-corrected chi connectivity index (χ3v) is 3.36. The highest BCUT2D eigenvalue weighted by Crippen LogP contribution is 2.33. The molecule has 1 aliphatic carbocycles. The summed E-state index contributed by atoms with van der Waals surface area (Å²) >= 11 is 0. The van der Waals surface area contributed by atoms with Crippen molar-refractivity contribution in [2.24, 2.45) is 0 Å². The van der Waals surface area contributed by atoms with Crippen molar-refractivity contribution in [1.29, 1.82) is 0 Å². The van der Waals surface area contributed by atoms with E-state index in [1.165, 1.54) is 22.3 Å². The van der Waals surface area contributed by atoms with E-state index >= 15 is 0 Å². The first-order chi connectivity index (χ1) is 8.38. The van der Waals surface area contributed by atoms with Gasteiger partial charge in [-0.25, -0.2) is 0 Å². The van der Waals surface area contributed by atoms with Gasteiger partial charge in [0.15, 0.2) is 0 Å². The van der Waals surface area contributed by atoms with Gasteiger partial charge in [0, 0.05) is 11.8 Å². The van der Waals surface area contributed by atoms with Crippen molar-refractivity contribution < 1.29 is 0 Å². The second-order valence-corrected chi connectivity index (χ2v) is 4.43. The summed E-state index contributed by atoms with van der Waals surface area (Å²) in [4.78, 5) is 4.45. The molecule has 0 fully saturated rings. The first-order valence-electron chi connectivity index (χ1n) is 6.11. The van der Waals surface area contributed by atoms with E-state index in [0.717, 1.165) is 18.5 Å². The van der Waals surface area contributed by atoms with E-state index in [2.05, 4.69) is 42.2 Å². The fourth-order valence-electron chi connectivity index (χ4n) is 2.41. The minimum Gasteiger partial charge on any atom is -0.256 e. The van der Waals surface area contributed by atoms with Gasteiger partial charge in [0.05, 0.1) is 5.69 Å². The third-order valence-electron chi connectivity index (χ3n) is 3.36. The Bertz CT molecular complexity index is 567. The molecular formula is C16H15N. The zero-order valence-corrected chi connectivity index (χ0v) is 9.98. The molecular weight excluding hydrogens is 206 g/mol. The first kappa shape index (κ1) is 10.3. The molecule has 0 radical (unpaired) electrons. The minimum atomic E-state index is 1.07. The summed E-state index contributed by atoms with van der Waals surface area (Å²) in [5, 5.41) is 0. The number of allylic oxidation sites excluding steroid dienone is 1. The highest BCUT2D eigenvalue weighted by molar-refractivity contribution is 5.79. The average molecular weight is 221 g/mol. The Hall–Kier alpha value is -1.89. The maximum atomic E-state index is 4.45. The standard InChI is InChI=1S/C16H15N/c1-2-12-10-13-6-5-7-14(15(13)11-12)16-8-3-4-9-17-16/h3-9,11H,2,10H2,1H3. The fourth-order valence-corrected chi connectivity index (χ4v) is 2.41. The quantitative estimate of drug-likeness (QED) is 0.744. The number of hydrogen-bond donors (Lipinski definition) is 0. The Balaban J connectivity index is 2.15. The predicted octanol–water partition coefficient (Wildman–Crippen LogP) is 4.10. The molecule has 0 atom stereocenters. The molecule has 0 bridgehead atoms. The van der Waals surface area contributed by atoms with Crippen LogP contribution in [0.1, 0.15) is 24.5 Å². The van der Waals surface area contributed by atoms with Gasteiger partial charge in [-0.15, -0.1) is 0 Å². The summed E-state index contributed by atoms with van der Waals surface area (Å²) in [5.41, 5.74) is 6.64. The van der Waals surface area contributed by atoms with Crippen molar-refractivity contribution in [2.45, 2.75) is 19.8 Å². The lowest BCUT2D eigenvalue weighted by Crippen LogP contribution is -1.89. The third kappa shape index (κ3) is 1.78. The molecule has 1 aliphatic rings. The van der Waals surface area contributed by atoms with Crippen LogP contribution in [0, 0.1) is 0 Å². The highest BCUT2D eigenvalue weighted by atomic mass is 14.7. The number of pyridine rings is 1. The van der Waals surface area contributed by atoms with Crippen molar-refractivity contribution >= 4 is 6.08 Å². The molecule has 1 heteroatoms. The summed E-state index contributed by atoms with van der Waals surface area (Å²) in [6.45, 7) is 2.22. The van der Waals surface area contributed by atoms with Crippen LogP contribution in [0.25, 0.3) is 17.3 Å². The van der Waals surface area contributed by atoms with E-state index in [-0.39, 0.29) is 0 Å². The van der Waals surface area contributed by atoms with Gasteiger partial charge < -0.3 is 0 Å². The van der Waals surface area contributed by atoms with Crippen molar-refractivity contribution in [1.82, 2.24) is 4.98 Å². The van der Waals surface area contributed by atoms with Crippen molar-refractivity contribution in [2.75, 3.05) is 0 Å². The fraction of sp³-hybridized carbons (Fsp3) is 0.188. The van der Waals surface area contributed by atoms with Crippen LogP contribution < -0.4 is 0 Å².